The maximum Gasteiger partial charge on any atom is 0.291 e. The molecule has 0 amide bonds. The zero-order valence-corrected chi connectivity index (χ0v) is 9.09. The molecule has 0 atom stereocenters. The average Bonchev–Trinajstić information content (AvgIpc) is 1.97. The fourth-order valence-corrected chi connectivity index (χ4v) is 1.58. The summed E-state index contributed by atoms with van der Waals surface area (Å²) in [6, 6.07) is 3.44. The standard InChI is InChI=1S/C7H5ClINO2/c1-4-2-3-5(9)6(8)7(4)10(11)12/h2-3H,1H3. The molecule has 0 aromatic heterocycles. The number of benzene rings is 1. The van der Waals surface area contributed by atoms with E-state index in [0.29, 0.717) is 9.13 Å². The topological polar surface area (TPSA) is 43.1 Å². The van der Waals surface area contributed by atoms with Crippen LogP contribution in [0, 0.1) is 20.6 Å². The molecule has 1 aromatic carbocycles. The van der Waals surface area contributed by atoms with Crippen molar-refractivity contribution in [1.82, 2.24) is 0 Å². The Bertz CT molecular complexity index is 340. The number of hydrogen-bond acceptors (Lipinski definition) is 2. The summed E-state index contributed by atoms with van der Waals surface area (Å²) in [4.78, 5) is 10.1. The molecule has 0 fully saturated rings. The highest BCUT2D eigenvalue weighted by Gasteiger charge is 2.17. The largest absolute Gasteiger partial charge is 0.291 e. The molecule has 12 heavy (non-hydrogen) atoms. The van der Waals surface area contributed by atoms with E-state index in [1.165, 1.54) is 0 Å². The molecule has 1 rings (SSSR count). The second-order valence-corrected chi connectivity index (χ2v) is 3.82. The lowest BCUT2D eigenvalue weighted by Gasteiger charge is -2.00. The van der Waals surface area contributed by atoms with Crippen LogP contribution in [0.1, 0.15) is 5.56 Å². The summed E-state index contributed by atoms with van der Waals surface area (Å²) in [6.45, 7) is 1.67. The molecule has 0 radical (unpaired) electrons. The van der Waals surface area contributed by atoms with E-state index in [-0.39, 0.29) is 10.7 Å². The molecule has 0 aliphatic heterocycles. The minimum atomic E-state index is -0.459. The van der Waals surface area contributed by atoms with Crippen molar-refractivity contribution in [2.75, 3.05) is 0 Å². The number of nitrogens with zero attached hydrogens (tertiary/aromatic N) is 1. The summed E-state index contributed by atoms with van der Waals surface area (Å²) in [5.41, 5.74) is 0.592. The summed E-state index contributed by atoms with van der Waals surface area (Å²) in [5, 5.41) is 10.7. The molecule has 0 heterocycles. The average molecular weight is 297 g/mol. The molecule has 0 saturated carbocycles. The summed E-state index contributed by atoms with van der Waals surface area (Å²) < 4.78 is 0.701. The molecule has 0 aliphatic carbocycles. The van der Waals surface area contributed by atoms with Crippen LogP contribution in [0.2, 0.25) is 5.02 Å². The SMILES string of the molecule is Cc1ccc(I)c(Cl)c1[N+](=O)[O-]. The third-order valence-electron chi connectivity index (χ3n) is 1.45. The van der Waals surface area contributed by atoms with E-state index in [9.17, 15) is 10.1 Å². The molecule has 0 spiro atoms. The van der Waals surface area contributed by atoms with Gasteiger partial charge in [0.1, 0.15) is 5.02 Å². The number of hydrogen-bond donors (Lipinski definition) is 0. The smallest absolute Gasteiger partial charge is 0.258 e. The van der Waals surface area contributed by atoms with Crippen molar-refractivity contribution in [2.24, 2.45) is 0 Å². The molecular weight excluding hydrogens is 292 g/mol. The van der Waals surface area contributed by atoms with Crippen LogP contribution in [0.15, 0.2) is 12.1 Å². The lowest BCUT2D eigenvalue weighted by molar-refractivity contribution is -0.385. The normalized spacial score (nSPS) is 9.92. The van der Waals surface area contributed by atoms with Crippen LogP contribution in [-0.2, 0) is 0 Å². The molecule has 3 nitrogen and oxygen atoms in total. The van der Waals surface area contributed by atoms with Gasteiger partial charge in [0.2, 0.25) is 0 Å². The summed E-state index contributed by atoms with van der Waals surface area (Å²) in [7, 11) is 0. The zero-order chi connectivity index (χ0) is 9.30. The van der Waals surface area contributed by atoms with E-state index < -0.39 is 4.92 Å². The number of nitro groups is 1. The van der Waals surface area contributed by atoms with E-state index in [1.807, 2.05) is 22.6 Å². The first kappa shape index (κ1) is 9.73. The van der Waals surface area contributed by atoms with Gasteiger partial charge in [0.15, 0.2) is 0 Å². The number of rotatable bonds is 1. The Kier molecular flexibility index (Phi) is 2.89. The minimum Gasteiger partial charge on any atom is -0.258 e. The molecule has 64 valence electrons. The van der Waals surface area contributed by atoms with Gasteiger partial charge in [-0.3, -0.25) is 10.1 Å². The summed E-state index contributed by atoms with van der Waals surface area (Å²) in [6.07, 6.45) is 0. The van der Waals surface area contributed by atoms with E-state index >= 15 is 0 Å². The number of nitro benzene ring substituents is 1. The van der Waals surface area contributed by atoms with Crippen molar-refractivity contribution in [2.45, 2.75) is 6.92 Å². The van der Waals surface area contributed by atoms with Gasteiger partial charge in [-0.25, -0.2) is 0 Å². The Morgan fingerprint density at radius 1 is 1.58 bits per heavy atom. The lowest BCUT2D eigenvalue weighted by Crippen LogP contribution is -1.93. The fourth-order valence-electron chi connectivity index (χ4n) is 0.861. The van der Waals surface area contributed by atoms with Crippen LogP contribution in [0.25, 0.3) is 0 Å². The molecule has 1 aromatic rings. The van der Waals surface area contributed by atoms with Crippen LogP contribution >= 0.6 is 34.2 Å². The monoisotopic (exact) mass is 297 g/mol. The maximum absolute atomic E-state index is 10.5. The Hall–Kier alpha value is -0.360. The first-order valence-corrected chi connectivity index (χ1v) is 4.58. The second kappa shape index (κ2) is 3.57. The molecule has 0 N–H and O–H groups in total. The Morgan fingerprint density at radius 3 is 2.58 bits per heavy atom. The first-order valence-electron chi connectivity index (χ1n) is 3.13. The summed E-state index contributed by atoms with van der Waals surface area (Å²) in [5.74, 6) is 0. The van der Waals surface area contributed by atoms with Gasteiger partial charge < -0.3 is 0 Å². The molecule has 0 unspecified atom stereocenters. The van der Waals surface area contributed by atoms with Gasteiger partial charge in [0.05, 0.1) is 4.92 Å². The Balaban J connectivity index is 3.43. The van der Waals surface area contributed by atoms with Crippen molar-refractivity contribution >= 4 is 39.9 Å². The van der Waals surface area contributed by atoms with E-state index in [4.69, 9.17) is 11.6 Å². The molecule has 0 bridgehead atoms. The van der Waals surface area contributed by atoms with Crippen molar-refractivity contribution in [3.8, 4) is 0 Å². The van der Waals surface area contributed by atoms with Crippen LogP contribution in [0.4, 0.5) is 5.69 Å². The third-order valence-corrected chi connectivity index (χ3v) is 3.05. The highest BCUT2D eigenvalue weighted by atomic mass is 127. The van der Waals surface area contributed by atoms with Gasteiger partial charge >= 0.3 is 0 Å². The Labute approximate surface area is 88.0 Å². The van der Waals surface area contributed by atoms with Crippen LogP contribution in [0.5, 0.6) is 0 Å². The minimum absolute atomic E-state index is 0.00330. The summed E-state index contributed by atoms with van der Waals surface area (Å²) >= 11 is 7.71. The molecule has 5 heteroatoms. The highest BCUT2D eigenvalue weighted by molar-refractivity contribution is 14.1. The highest BCUT2D eigenvalue weighted by Crippen LogP contribution is 2.31. The van der Waals surface area contributed by atoms with Crippen LogP contribution < -0.4 is 0 Å². The first-order chi connectivity index (χ1) is 5.54. The second-order valence-electron chi connectivity index (χ2n) is 2.28. The zero-order valence-electron chi connectivity index (χ0n) is 6.17. The third kappa shape index (κ3) is 1.69. The van der Waals surface area contributed by atoms with Crippen LogP contribution in [-0.4, -0.2) is 4.92 Å². The predicted molar refractivity (Wildman–Crippen MR) is 55.6 cm³/mol. The van der Waals surface area contributed by atoms with E-state index in [0.717, 1.165) is 0 Å². The fraction of sp³-hybridized carbons (Fsp3) is 0.143. The Morgan fingerprint density at radius 2 is 2.17 bits per heavy atom. The molecular formula is C7H5ClINO2. The van der Waals surface area contributed by atoms with Gasteiger partial charge in [0, 0.05) is 9.13 Å². The van der Waals surface area contributed by atoms with Gasteiger partial charge in [-0.2, -0.15) is 0 Å². The van der Waals surface area contributed by atoms with Gasteiger partial charge in [-0.05, 0) is 35.6 Å². The number of halogens is 2. The predicted octanol–water partition coefficient (Wildman–Crippen LogP) is 3.16. The van der Waals surface area contributed by atoms with Crippen LogP contribution in [0.3, 0.4) is 0 Å². The van der Waals surface area contributed by atoms with Gasteiger partial charge in [0.25, 0.3) is 5.69 Å². The molecule has 0 saturated heterocycles. The van der Waals surface area contributed by atoms with Crippen molar-refractivity contribution in [1.29, 1.82) is 0 Å². The van der Waals surface area contributed by atoms with E-state index in [1.54, 1.807) is 19.1 Å². The van der Waals surface area contributed by atoms with Crippen molar-refractivity contribution in [3.05, 3.63) is 36.4 Å². The van der Waals surface area contributed by atoms with Gasteiger partial charge in [-0.1, -0.05) is 17.7 Å². The number of aryl methyl sites for hydroxylation is 1. The quantitative estimate of drug-likeness (QED) is 0.454. The van der Waals surface area contributed by atoms with E-state index in [2.05, 4.69) is 0 Å². The van der Waals surface area contributed by atoms with Crippen molar-refractivity contribution in [3.63, 3.8) is 0 Å². The maximum atomic E-state index is 10.5. The lowest BCUT2D eigenvalue weighted by atomic mass is 10.2. The molecule has 0 aliphatic rings. The van der Waals surface area contributed by atoms with Crippen molar-refractivity contribution < 1.29 is 4.92 Å². The van der Waals surface area contributed by atoms with Gasteiger partial charge in [-0.15, -0.1) is 0 Å².